The minimum absolute atomic E-state index is 0.0405. The number of aliphatic hydroxyl groups excluding tert-OH is 1. The Morgan fingerprint density at radius 3 is 2.72 bits per heavy atom. The van der Waals surface area contributed by atoms with Crippen molar-refractivity contribution in [3.8, 4) is 5.75 Å². The topological polar surface area (TPSA) is 110 Å². The van der Waals surface area contributed by atoms with E-state index in [1.807, 2.05) is 0 Å². The Labute approximate surface area is 104 Å². The number of hydrogen-bond donors (Lipinski definition) is 3. The zero-order chi connectivity index (χ0) is 13.7. The lowest BCUT2D eigenvalue weighted by molar-refractivity contribution is 0.0600. The number of hydrogen-bond acceptors (Lipinski definition) is 6. The zero-order valence-corrected chi connectivity index (χ0v) is 9.92. The first-order valence-electron chi connectivity index (χ1n) is 5.32. The number of carbonyl (C=O) groups is 2. The third-order valence-electron chi connectivity index (χ3n) is 2.56. The van der Waals surface area contributed by atoms with Gasteiger partial charge in [0.05, 0.1) is 18.2 Å². The van der Waals surface area contributed by atoms with E-state index in [1.165, 1.54) is 19.2 Å². The van der Waals surface area contributed by atoms with Crippen LogP contribution >= 0.6 is 0 Å². The number of nitrogens with two attached hydrogens (primary N) is 1. The van der Waals surface area contributed by atoms with Crippen molar-refractivity contribution in [2.75, 3.05) is 13.7 Å². The molecule has 0 aliphatic heterocycles. The summed E-state index contributed by atoms with van der Waals surface area (Å²) in [5.74, 6) is -0.908. The smallest absolute Gasteiger partial charge is 0.337 e. The lowest BCUT2D eigenvalue weighted by Gasteiger charge is -2.15. The van der Waals surface area contributed by atoms with Crippen molar-refractivity contribution in [3.63, 3.8) is 0 Å². The maximum atomic E-state index is 11.4. The third-order valence-corrected chi connectivity index (χ3v) is 2.56. The lowest BCUT2D eigenvalue weighted by Crippen LogP contribution is -2.14. The number of aliphatic hydroxyl groups is 1. The van der Waals surface area contributed by atoms with Gasteiger partial charge in [-0.05, 0) is 18.6 Å². The maximum absolute atomic E-state index is 11.4. The molecule has 0 bridgehead atoms. The second-order valence-corrected chi connectivity index (χ2v) is 3.73. The Morgan fingerprint density at radius 2 is 2.22 bits per heavy atom. The van der Waals surface area contributed by atoms with Crippen molar-refractivity contribution in [1.29, 1.82) is 0 Å². The predicted molar refractivity (Wildman–Crippen MR) is 63.5 cm³/mol. The molecule has 0 heterocycles. The summed E-state index contributed by atoms with van der Waals surface area (Å²) in [6, 6.07) is 1.91. The van der Waals surface area contributed by atoms with Crippen molar-refractivity contribution >= 4 is 12.3 Å². The van der Waals surface area contributed by atoms with Gasteiger partial charge < -0.3 is 20.7 Å². The maximum Gasteiger partial charge on any atom is 0.337 e. The average molecular weight is 253 g/mol. The van der Waals surface area contributed by atoms with Crippen LogP contribution in [0.15, 0.2) is 12.1 Å². The van der Waals surface area contributed by atoms with Gasteiger partial charge in [-0.1, -0.05) is 0 Å². The molecular formula is C12H15NO5. The number of aldehydes is 1. The highest BCUT2D eigenvalue weighted by Crippen LogP contribution is 2.29. The molecule has 98 valence electrons. The molecule has 0 aromatic heterocycles. The summed E-state index contributed by atoms with van der Waals surface area (Å²) < 4.78 is 4.54. The highest BCUT2D eigenvalue weighted by molar-refractivity contribution is 5.93. The van der Waals surface area contributed by atoms with Gasteiger partial charge in [0, 0.05) is 18.2 Å². The van der Waals surface area contributed by atoms with Crippen molar-refractivity contribution in [2.45, 2.75) is 12.5 Å². The Bertz CT molecular complexity index is 458. The Balaban J connectivity index is 3.31. The second kappa shape index (κ2) is 6.13. The number of esters is 1. The molecule has 0 saturated heterocycles. The standard InChI is InChI=1S/C12H15NO5/c1-18-12(17)7-4-8(6-15)11(16)9(5-7)10(13)2-3-14/h4-6,10,14,16H,2-3,13H2,1H3/t10-/m0/s1. The van der Waals surface area contributed by atoms with Crippen molar-refractivity contribution < 1.29 is 24.5 Å². The van der Waals surface area contributed by atoms with Gasteiger partial charge in [-0.3, -0.25) is 4.79 Å². The monoisotopic (exact) mass is 253 g/mol. The van der Waals surface area contributed by atoms with E-state index >= 15 is 0 Å². The van der Waals surface area contributed by atoms with Gasteiger partial charge in [0.15, 0.2) is 6.29 Å². The van der Waals surface area contributed by atoms with E-state index in [9.17, 15) is 14.7 Å². The highest BCUT2D eigenvalue weighted by atomic mass is 16.5. The number of methoxy groups -OCH3 is 1. The summed E-state index contributed by atoms with van der Waals surface area (Å²) in [5.41, 5.74) is 6.07. The van der Waals surface area contributed by atoms with E-state index in [-0.39, 0.29) is 35.5 Å². The van der Waals surface area contributed by atoms with Crippen LogP contribution in [0.25, 0.3) is 0 Å². The van der Waals surface area contributed by atoms with Crippen molar-refractivity contribution in [2.24, 2.45) is 5.73 Å². The largest absolute Gasteiger partial charge is 0.507 e. The Morgan fingerprint density at radius 1 is 1.56 bits per heavy atom. The van der Waals surface area contributed by atoms with Gasteiger partial charge in [-0.25, -0.2) is 4.79 Å². The summed E-state index contributed by atoms with van der Waals surface area (Å²) >= 11 is 0. The van der Waals surface area contributed by atoms with Crippen molar-refractivity contribution in [3.05, 3.63) is 28.8 Å². The molecule has 0 saturated carbocycles. The molecule has 6 nitrogen and oxygen atoms in total. The van der Waals surface area contributed by atoms with Crippen LogP contribution in [0.2, 0.25) is 0 Å². The fourth-order valence-electron chi connectivity index (χ4n) is 1.58. The number of phenolic OH excluding ortho intramolecular Hbond substituents is 1. The number of ether oxygens (including phenoxy) is 1. The molecule has 1 aromatic carbocycles. The number of rotatable bonds is 5. The summed E-state index contributed by atoms with van der Waals surface area (Å²) in [7, 11) is 1.21. The zero-order valence-electron chi connectivity index (χ0n) is 9.92. The minimum Gasteiger partial charge on any atom is -0.507 e. The van der Waals surface area contributed by atoms with Gasteiger partial charge >= 0.3 is 5.97 Å². The molecule has 18 heavy (non-hydrogen) atoms. The molecule has 0 radical (unpaired) electrons. The molecule has 1 atom stereocenters. The minimum atomic E-state index is -0.668. The van der Waals surface area contributed by atoms with Crippen LogP contribution in [-0.2, 0) is 4.74 Å². The molecule has 0 aliphatic rings. The molecule has 0 amide bonds. The van der Waals surface area contributed by atoms with E-state index < -0.39 is 12.0 Å². The predicted octanol–water partition coefficient (Wildman–Crippen LogP) is 0.374. The van der Waals surface area contributed by atoms with Gasteiger partial charge in [0.1, 0.15) is 5.75 Å². The lowest BCUT2D eigenvalue weighted by atomic mass is 9.98. The van der Waals surface area contributed by atoms with Crippen LogP contribution in [-0.4, -0.2) is 36.2 Å². The molecule has 0 aliphatic carbocycles. The van der Waals surface area contributed by atoms with E-state index in [4.69, 9.17) is 10.8 Å². The van der Waals surface area contributed by atoms with E-state index in [1.54, 1.807) is 0 Å². The van der Waals surface area contributed by atoms with Gasteiger partial charge in [0.25, 0.3) is 0 Å². The normalized spacial score (nSPS) is 11.9. The van der Waals surface area contributed by atoms with Crippen molar-refractivity contribution in [1.82, 2.24) is 0 Å². The fourth-order valence-corrected chi connectivity index (χ4v) is 1.58. The molecule has 6 heteroatoms. The van der Waals surface area contributed by atoms with Gasteiger partial charge in [-0.2, -0.15) is 0 Å². The van der Waals surface area contributed by atoms with Gasteiger partial charge in [-0.15, -0.1) is 0 Å². The van der Waals surface area contributed by atoms with Crippen LogP contribution in [0.3, 0.4) is 0 Å². The van der Waals surface area contributed by atoms with Gasteiger partial charge in [0.2, 0.25) is 0 Å². The summed E-state index contributed by atoms with van der Waals surface area (Å²) in [5, 5.41) is 18.6. The Kier molecular flexibility index (Phi) is 4.82. The summed E-state index contributed by atoms with van der Waals surface area (Å²) in [6.07, 6.45) is 0.632. The van der Waals surface area contributed by atoms with Crippen LogP contribution in [0.1, 0.15) is 38.7 Å². The molecule has 0 fully saturated rings. The van der Waals surface area contributed by atoms with E-state index in [0.29, 0.717) is 6.29 Å². The molecular weight excluding hydrogens is 238 g/mol. The van der Waals surface area contributed by atoms with Crippen LogP contribution in [0.4, 0.5) is 0 Å². The molecule has 1 rings (SSSR count). The van der Waals surface area contributed by atoms with Crippen LogP contribution in [0, 0.1) is 0 Å². The summed E-state index contributed by atoms with van der Waals surface area (Å²) in [6.45, 7) is -0.167. The number of phenols is 1. The molecule has 0 unspecified atom stereocenters. The summed E-state index contributed by atoms with van der Waals surface area (Å²) in [4.78, 5) is 22.2. The molecule has 4 N–H and O–H groups in total. The first kappa shape index (κ1) is 14.1. The number of benzene rings is 1. The Hall–Kier alpha value is -1.92. The molecule has 0 spiro atoms. The van der Waals surface area contributed by atoms with E-state index in [2.05, 4.69) is 4.74 Å². The van der Waals surface area contributed by atoms with Crippen LogP contribution < -0.4 is 5.73 Å². The number of carbonyl (C=O) groups excluding carboxylic acids is 2. The highest BCUT2D eigenvalue weighted by Gasteiger charge is 2.18. The quantitative estimate of drug-likeness (QED) is 0.516. The SMILES string of the molecule is COC(=O)c1cc(C=O)c(O)c([C@@H](N)CCO)c1. The first-order chi connectivity index (χ1) is 8.54. The fraction of sp³-hybridized carbons (Fsp3) is 0.333. The van der Waals surface area contributed by atoms with E-state index in [0.717, 1.165) is 0 Å². The molecule has 1 aromatic rings. The second-order valence-electron chi connectivity index (χ2n) is 3.73. The average Bonchev–Trinajstić information content (AvgIpc) is 2.38. The third kappa shape index (κ3) is 2.85. The van der Waals surface area contributed by atoms with Crippen LogP contribution in [0.5, 0.6) is 5.75 Å². The first-order valence-corrected chi connectivity index (χ1v) is 5.32. The number of aromatic hydroxyl groups is 1.